The van der Waals surface area contributed by atoms with Crippen molar-refractivity contribution in [1.82, 2.24) is 5.32 Å². The lowest BCUT2D eigenvalue weighted by Gasteiger charge is -2.41. The van der Waals surface area contributed by atoms with Crippen LogP contribution in [0.3, 0.4) is 0 Å². The van der Waals surface area contributed by atoms with Gasteiger partial charge in [0.25, 0.3) is 0 Å². The number of ether oxygens (including phenoxy) is 5. The van der Waals surface area contributed by atoms with Crippen molar-refractivity contribution in [2.75, 3.05) is 20.8 Å². The summed E-state index contributed by atoms with van der Waals surface area (Å²) in [6, 6.07) is 19.1. The third kappa shape index (κ3) is 6.01. The molecule has 1 aliphatic rings. The van der Waals surface area contributed by atoms with Crippen molar-refractivity contribution in [3.63, 3.8) is 0 Å². The monoisotopic (exact) mass is 401 g/mol. The second-order valence-electron chi connectivity index (χ2n) is 6.70. The molecule has 1 N–H and O–H groups in total. The standard InChI is InChI=1S/C22H27NO6/c1-25-21-19(23-22(24)26-2)20(28-14-17-11-7-4-8-12-17)18(15-29-21)27-13-16-9-5-3-6-10-16/h3-12,18-21H,13-15H2,1-2H3,(H,23,24)/t18-,19+,20-,21+/m0/s1. The van der Waals surface area contributed by atoms with E-state index in [1.807, 2.05) is 60.7 Å². The zero-order valence-corrected chi connectivity index (χ0v) is 16.7. The van der Waals surface area contributed by atoms with Crippen LogP contribution in [-0.4, -0.2) is 51.5 Å². The fourth-order valence-corrected chi connectivity index (χ4v) is 3.23. The van der Waals surface area contributed by atoms with Crippen molar-refractivity contribution in [2.24, 2.45) is 0 Å². The Hall–Kier alpha value is -2.45. The van der Waals surface area contributed by atoms with E-state index >= 15 is 0 Å². The largest absolute Gasteiger partial charge is 0.453 e. The summed E-state index contributed by atoms with van der Waals surface area (Å²) in [5, 5.41) is 2.77. The first kappa shape index (κ1) is 21.3. The topological polar surface area (TPSA) is 75.3 Å². The molecule has 2 aromatic carbocycles. The number of hydrogen-bond acceptors (Lipinski definition) is 6. The molecule has 3 rings (SSSR count). The molecular formula is C22H27NO6. The van der Waals surface area contributed by atoms with Gasteiger partial charge in [0.15, 0.2) is 6.29 Å². The summed E-state index contributed by atoms with van der Waals surface area (Å²) in [4.78, 5) is 11.9. The zero-order chi connectivity index (χ0) is 20.5. The summed E-state index contributed by atoms with van der Waals surface area (Å²) in [6.45, 7) is 1.05. The molecule has 156 valence electrons. The Morgan fingerprint density at radius 1 is 0.966 bits per heavy atom. The maximum absolute atomic E-state index is 11.9. The Labute approximate surface area is 170 Å². The summed E-state index contributed by atoms with van der Waals surface area (Å²) in [6.07, 6.45) is -2.15. The van der Waals surface area contributed by atoms with E-state index < -0.39 is 30.6 Å². The molecule has 0 spiro atoms. The first-order chi connectivity index (χ1) is 14.2. The lowest BCUT2D eigenvalue weighted by molar-refractivity contribution is -0.245. The van der Waals surface area contributed by atoms with Gasteiger partial charge in [-0.15, -0.1) is 0 Å². The van der Waals surface area contributed by atoms with Gasteiger partial charge in [0.2, 0.25) is 0 Å². The molecule has 0 aromatic heterocycles. The highest BCUT2D eigenvalue weighted by atomic mass is 16.7. The van der Waals surface area contributed by atoms with E-state index in [4.69, 9.17) is 23.7 Å². The summed E-state index contributed by atoms with van der Waals surface area (Å²) < 4.78 is 28.3. The van der Waals surface area contributed by atoms with E-state index in [1.165, 1.54) is 14.2 Å². The lowest BCUT2D eigenvalue weighted by Crippen LogP contribution is -2.62. The Morgan fingerprint density at radius 2 is 1.55 bits per heavy atom. The number of nitrogens with one attached hydrogen (secondary N) is 1. The smallest absolute Gasteiger partial charge is 0.407 e. The van der Waals surface area contributed by atoms with Gasteiger partial charge in [-0.2, -0.15) is 0 Å². The molecule has 1 saturated heterocycles. The Kier molecular flexibility index (Phi) is 8.01. The highest BCUT2D eigenvalue weighted by molar-refractivity contribution is 5.67. The van der Waals surface area contributed by atoms with Crippen LogP contribution >= 0.6 is 0 Å². The van der Waals surface area contributed by atoms with Crippen LogP contribution in [0.4, 0.5) is 4.79 Å². The summed E-state index contributed by atoms with van der Waals surface area (Å²) in [5.74, 6) is 0. The number of methoxy groups -OCH3 is 2. The fourth-order valence-electron chi connectivity index (χ4n) is 3.23. The van der Waals surface area contributed by atoms with Crippen molar-refractivity contribution in [3.8, 4) is 0 Å². The lowest BCUT2D eigenvalue weighted by atomic mass is 10.0. The summed E-state index contributed by atoms with van der Waals surface area (Å²) >= 11 is 0. The highest BCUT2D eigenvalue weighted by Crippen LogP contribution is 2.24. The molecule has 4 atom stereocenters. The predicted molar refractivity (Wildman–Crippen MR) is 106 cm³/mol. The Bertz CT molecular complexity index is 741. The third-order valence-corrected chi connectivity index (χ3v) is 4.73. The van der Waals surface area contributed by atoms with Crippen molar-refractivity contribution in [3.05, 3.63) is 71.8 Å². The van der Waals surface area contributed by atoms with Gasteiger partial charge in [-0.25, -0.2) is 4.79 Å². The first-order valence-electron chi connectivity index (χ1n) is 9.51. The molecule has 0 saturated carbocycles. The molecule has 1 aliphatic heterocycles. The predicted octanol–water partition coefficient (Wildman–Crippen LogP) is 2.88. The summed E-state index contributed by atoms with van der Waals surface area (Å²) in [7, 11) is 2.83. The quantitative estimate of drug-likeness (QED) is 0.733. The SMILES string of the molecule is COC(=O)N[C@H]1[C@H](OC)OC[C@H](OCc2ccccc2)[C@@H]1OCc1ccccc1. The molecule has 0 unspecified atom stereocenters. The van der Waals surface area contributed by atoms with Crippen molar-refractivity contribution < 1.29 is 28.5 Å². The molecular weight excluding hydrogens is 374 g/mol. The third-order valence-electron chi connectivity index (χ3n) is 4.73. The minimum Gasteiger partial charge on any atom is -0.453 e. The maximum Gasteiger partial charge on any atom is 0.407 e. The first-order valence-corrected chi connectivity index (χ1v) is 9.51. The van der Waals surface area contributed by atoms with E-state index in [2.05, 4.69) is 5.32 Å². The second kappa shape index (κ2) is 10.9. The number of amides is 1. The van der Waals surface area contributed by atoms with E-state index in [0.29, 0.717) is 13.2 Å². The average Bonchev–Trinajstić information content (AvgIpc) is 2.78. The molecule has 0 aliphatic carbocycles. The molecule has 0 bridgehead atoms. The van der Waals surface area contributed by atoms with Crippen LogP contribution in [0.1, 0.15) is 11.1 Å². The van der Waals surface area contributed by atoms with Crippen LogP contribution in [0.5, 0.6) is 0 Å². The molecule has 7 heteroatoms. The van der Waals surface area contributed by atoms with Crippen molar-refractivity contribution in [2.45, 2.75) is 37.8 Å². The van der Waals surface area contributed by atoms with Gasteiger partial charge >= 0.3 is 6.09 Å². The number of rotatable bonds is 8. The van der Waals surface area contributed by atoms with Crippen molar-refractivity contribution in [1.29, 1.82) is 0 Å². The normalized spacial score (nSPS) is 24.1. The van der Waals surface area contributed by atoms with Crippen LogP contribution in [0.15, 0.2) is 60.7 Å². The van der Waals surface area contributed by atoms with Crippen LogP contribution < -0.4 is 5.32 Å². The van der Waals surface area contributed by atoms with Crippen molar-refractivity contribution >= 4 is 6.09 Å². The number of alkyl carbamates (subject to hydrolysis) is 1. The van der Waals surface area contributed by atoms with Gasteiger partial charge in [0.1, 0.15) is 18.2 Å². The van der Waals surface area contributed by atoms with Gasteiger partial charge < -0.3 is 29.0 Å². The van der Waals surface area contributed by atoms with Gasteiger partial charge in [0.05, 0.1) is 26.9 Å². The molecule has 29 heavy (non-hydrogen) atoms. The molecule has 1 amide bonds. The summed E-state index contributed by atoms with van der Waals surface area (Å²) in [5.41, 5.74) is 2.06. The van der Waals surface area contributed by atoms with Gasteiger partial charge in [-0.05, 0) is 11.1 Å². The van der Waals surface area contributed by atoms with Gasteiger partial charge in [-0.3, -0.25) is 0 Å². The Morgan fingerprint density at radius 3 is 2.10 bits per heavy atom. The van der Waals surface area contributed by atoms with Crippen LogP contribution in [0, 0.1) is 0 Å². The average molecular weight is 401 g/mol. The number of benzene rings is 2. The van der Waals surface area contributed by atoms with Gasteiger partial charge in [-0.1, -0.05) is 60.7 Å². The number of hydrogen-bond donors (Lipinski definition) is 1. The van der Waals surface area contributed by atoms with Crippen LogP contribution in [0.2, 0.25) is 0 Å². The number of carbonyl (C=O) groups is 1. The van der Waals surface area contributed by atoms with E-state index in [1.54, 1.807) is 0 Å². The zero-order valence-electron chi connectivity index (χ0n) is 16.7. The van der Waals surface area contributed by atoms with E-state index in [9.17, 15) is 4.79 Å². The molecule has 0 radical (unpaired) electrons. The minimum absolute atomic E-state index is 0.282. The molecule has 7 nitrogen and oxygen atoms in total. The van der Waals surface area contributed by atoms with E-state index in [0.717, 1.165) is 11.1 Å². The maximum atomic E-state index is 11.9. The number of carbonyl (C=O) groups excluding carboxylic acids is 1. The van der Waals surface area contributed by atoms with Crippen LogP contribution in [-0.2, 0) is 36.9 Å². The van der Waals surface area contributed by atoms with E-state index in [-0.39, 0.29) is 6.61 Å². The second-order valence-corrected chi connectivity index (χ2v) is 6.70. The Balaban J connectivity index is 1.74. The van der Waals surface area contributed by atoms with Gasteiger partial charge in [0, 0.05) is 7.11 Å². The minimum atomic E-state index is -0.675. The molecule has 1 heterocycles. The van der Waals surface area contributed by atoms with Crippen LogP contribution in [0.25, 0.3) is 0 Å². The highest BCUT2D eigenvalue weighted by Gasteiger charge is 2.43. The molecule has 2 aromatic rings. The molecule has 1 fully saturated rings. The fraction of sp³-hybridized carbons (Fsp3) is 0.409.